The van der Waals surface area contributed by atoms with Crippen LogP contribution >= 0.6 is 0 Å². The fraction of sp³-hybridized carbons (Fsp3) is 0. The quantitative estimate of drug-likeness (QED) is 0.151. The van der Waals surface area contributed by atoms with Crippen molar-refractivity contribution in [1.82, 2.24) is 8.80 Å². The summed E-state index contributed by atoms with van der Waals surface area (Å²) in [5.41, 5.74) is 17.3. The number of fused-ring (bicyclic) bond motifs is 12. The summed E-state index contributed by atoms with van der Waals surface area (Å²) in [6.07, 6.45) is 0. The lowest BCUT2D eigenvalue weighted by Crippen LogP contribution is -2.09. The largest absolute Gasteiger partial charge is 0.310 e. The van der Waals surface area contributed by atoms with Crippen LogP contribution < -0.4 is 9.80 Å². The normalized spacial score (nSPS) is 12.0. The Bertz CT molecular complexity index is 4250. The molecule has 0 amide bonds. The maximum Gasteiger partial charge on any atom is 0.123 e. The van der Waals surface area contributed by atoms with Crippen molar-refractivity contribution in [2.75, 3.05) is 9.80 Å². The Morgan fingerprint density at radius 2 is 0.597 bits per heavy atom. The van der Waals surface area contributed by atoms with Crippen molar-refractivity contribution in [3.63, 3.8) is 0 Å². The minimum atomic E-state index is -0.269. The van der Waals surface area contributed by atoms with E-state index in [1.165, 1.54) is 79.0 Å². The topological polar surface area (TPSA) is 15.3 Å². The minimum Gasteiger partial charge on any atom is -0.310 e. The predicted octanol–water partition coefficient (Wildman–Crippen LogP) is 18.5. The molecule has 0 radical (unpaired) electrons. The third-order valence-electron chi connectivity index (χ3n) is 14.8. The molecule has 338 valence electrons. The molecule has 72 heavy (non-hydrogen) atoms. The molecule has 0 atom stereocenters. The molecule has 0 N–H and O–H groups in total. The van der Waals surface area contributed by atoms with Gasteiger partial charge in [0.25, 0.3) is 0 Å². The van der Waals surface area contributed by atoms with Crippen LogP contribution in [0.15, 0.2) is 243 Å². The van der Waals surface area contributed by atoms with Crippen molar-refractivity contribution in [2.45, 2.75) is 0 Å². The Labute approximate surface area is 412 Å². The van der Waals surface area contributed by atoms with Crippen LogP contribution in [-0.2, 0) is 0 Å². The third-order valence-corrected chi connectivity index (χ3v) is 14.8. The SMILES string of the molecule is Fc1ccc(N(c2ccccc2)c2ccc3c(c2)c2cccc4c5c(-c6ccccc6)c6c(c(-c7ccccc7)c5n3c24)c2cccc3c4cc(N(c5ccccc5)c5ccc(F)cc5)ccc4n6c32)cc1. The molecule has 0 saturated heterocycles. The molecule has 4 nitrogen and oxygen atoms in total. The van der Waals surface area contributed by atoms with Crippen molar-refractivity contribution in [2.24, 2.45) is 0 Å². The van der Waals surface area contributed by atoms with E-state index in [4.69, 9.17) is 0 Å². The van der Waals surface area contributed by atoms with E-state index in [1.54, 1.807) is 0 Å². The minimum absolute atomic E-state index is 0.269. The van der Waals surface area contributed by atoms with Gasteiger partial charge in [0.15, 0.2) is 0 Å². The molecule has 4 aromatic heterocycles. The van der Waals surface area contributed by atoms with Gasteiger partial charge in [-0.15, -0.1) is 0 Å². The Balaban J connectivity index is 1.08. The number of hydrogen-bond acceptors (Lipinski definition) is 2. The van der Waals surface area contributed by atoms with E-state index < -0.39 is 0 Å². The van der Waals surface area contributed by atoms with E-state index in [9.17, 15) is 8.78 Å². The second-order valence-electron chi connectivity index (χ2n) is 18.7. The fourth-order valence-electron chi connectivity index (χ4n) is 12.0. The van der Waals surface area contributed by atoms with Crippen LogP contribution in [0, 0.1) is 11.6 Å². The Kier molecular flexibility index (Phi) is 8.69. The van der Waals surface area contributed by atoms with Gasteiger partial charge in [-0.3, -0.25) is 0 Å². The molecule has 0 saturated carbocycles. The first-order valence-corrected chi connectivity index (χ1v) is 24.3. The standard InChI is InChI=1S/C66H40F2N4/c67-43-27-31-47(32-28-43)69(45-19-9-3-10-20-45)49-35-37-57-55(39-49)52-24-14-26-54-62-60(42-17-7-2-8-18-42)66-61(59(41-15-5-1-6-16-41)65(62)71(57)64(52)54)53-25-13-23-51-56-40-50(36-38-58(56)72(66)63(51)53)70(46-21-11-4-12-22-46)48-33-29-44(68)30-34-48/h1-40H. The van der Waals surface area contributed by atoms with E-state index in [0.29, 0.717) is 0 Å². The van der Waals surface area contributed by atoms with Gasteiger partial charge in [0.05, 0.1) is 33.1 Å². The molecule has 4 heterocycles. The van der Waals surface area contributed by atoms with Crippen molar-refractivity contribution >= 4 is 110 Å². The highest BCUT2D eigenvalue weighted by Crippen LogP contribution is 2.54. The zero-order valence-corrected chi connectivity index (χ0v) is 38.6. The summed E-state index contributed by atoms with van der Waals surface area (Å²) < 4.78 is 33.9. The molecule has 0 spiro atoms. The Morgan fingerprint density at radius 1 is 0.264 bits per heavy atom. The van der Waals surface area contributed by atoms with E-state index in [2.05, 4.69) is 176 Å². The summed E-state index contributed by atoms with van der Waals surface area (Å²) in [5, 5.41) is 9.37. The Morgan fingerprint density at radius 3 is 0.986 bits per heavy atom. The van der Waals surface area contributed by atoms with Gasteiger partial charge in [0, 0.05) is 88.3 Å². The van der Waals surface area contributed by atoms with Crippen molar-refractivity contribution in [3.05, 3.63) is 254 Å². The van der Waals surface area contributed by atoms with Gasteiger partial charge in [0.1, 0.15) is 11.6 Å². The molecule has 6 heteroatoms. The summed E-state index contributed by atoms with van der Waals surface area (Å²) in [4.78, 5) is 4.40. The van der Waals surface area contributed by atoms with Crippen LogP contribution in [0.2, 0.25) is 0 Å². The van der Waals surface area contributed by atoms with Crippen LogP contribution in [0.5, 0.6) is 0 Å². The molecular weight excluding hydrogens is 887 g/mol. The predicted molar refractivity (Wildman–Crippen MR) is 296 cm³/mol. The number of hydrogen-bond donors (Lipinski definition) is 0. The number of rotatable bonds is 8. The number of aromatic nitrogens is 2. The van der Waals surface area contributed by atoms with Crippen molar-refractivity contribution in [1.29, 1.82) is 0 Å². The maximum atomic E-state index is 14.4. The number of halogens is 2. The van der Waals surface area contributed by atoms with Crippen LogP contribution in [0.1, 0.15) is 0 Å². The summed E-state index contributed by atoms with van der Waals surface area (Å²) in [6.45, 7) is 0. The monoisotopic (exact) mass is 926 g/mol. The van der Waals surface area contributed by atoms with E-state index in [0.717, 1.165) is 77.8 Å². The van der Waals surface area contributed by atoms with Gasteiger partial charge >= 0.3 is 0 Å². The number of benzene rings is 11. The summed E-state index contributed by atoms with van der Waals surface area (Å²) in [6, 6.07) is 83.0. The van der Waals surface area contributed by atoms with Crippen LogP contribution in [0.25, 0.3) is 98.4 Å². The number of nitrogens with zero attached hydrogens (tertiary/aromatic N) is 4. The summed E-state index contributed by atoms with van der Waals surface area (Å²) in [5.74, 6) is -0.539. The molecule has 11 aromatic carbocycles. The van der Waals surface area contributed by atoms with Gasteiger partial charge in [-0.1, -0.05) is 133 Å². The highest BCUT2D eigenvalue weighted by Gasteiger charge is 2.31. The van der Waals surface area contributed by atoms with Gasteiger partial charge < -0.3 is 18.6 Å². The summed E-state index contributed by atoms with van der Waals surface area (Å²) >= 11 is 0. The van der Waals surface area contributed by atoms with Crippen molar-refractivity contribution in [3.8, 4) is 22.3 Å². The molecule has 15 rings (SSSR count). The Hall–Kier alpha value is -9.52. The zero-order valence-electron chi connectivity index (χ0n) is 38.6. The van der Waals surface area contributed by atoms with Crippen molar-refractivity contribution < 1.29 is 8.78 Å². The lowest BCUT2D eigenvalue weighted by molar-refractivity contribution is 0.627. The highest BCUT2D eigenvalue weighted by molar-refractivity contribution is 6.38. The molecule has 15 aromatic rings. The fourth-order valence-corrected chi connectivity index (χ4v) is 12.0. The molecule has 0 aliphatic rings. The van der Waals surface area contributed by atoms with Gasteiger partial charge in [-0.2, -0.15) is 0 Å². The third kappa shape index (κ3) is 5.78. The molecular formula is C66H40F2N4. The molecule has 0 bridgehead atoms. The summed E-state index contributed by atoms with van der Waals surface area (Å²) in [7, 11) is 0. The van der Waals surface area contributed by atoms with Crippen LogP contribution in [0.4, 0.5) is 42.9 Å². The molecule has 0 unspecified atom stereocenters. The average Bonchev–Trinajstić information content (AvgIpc) is 4.17. The van der Waals surface area contributed by atoms with E-state index in [-0.39, 0.29) is 11.6 Å². The first-order valence-electron chi connectivity index (χ1n) is 24.3. The first kappa shape index (κ1) is 40.4. The average molecular weight is 927 g/mol. The molecule has 0 aliphatic heterocycles. The van der Waals surface area contributed by atoms with Crippen LogP contribution in [0.3, 0.4) is 0 Å². The van der Waals surface area contributed by atoms with Gasteiger partial charge in [-0.05, 0) is 120 Å². The second-order valence-corrected chi connectivity index (χ2v) is 18.7. The zero-order chi connectivity index (χ0) is 47.6. The van der Waals surface area contributed by atoms with E-state index >= 15 is 0 Å². The van der Waals surface area contributed by atoms with E-state index in [1.807, 2.05) is 60.7 Å². The molecule has 0 aliphatic carbocycles. The first-order chi connectivity index (χ1) is 35.6. The second kappa shape index (κ2) is 15.5. The number of para-hydroxylation sites is 4. The van der Waals surface area contributed by atoms with Gasteiger partial charge in [0.2, 0.25) is 0 Å². The lowest BCUT2D eigenvalue weighted by Gasteiger charge is -2.25. The highest BCUT2D eigenvalue weighted by atomic mass is 19.1. The van der Waals surface area contributed by atoms with Crippen LogP contribution in [-0.4, -0.2) is 8.80 Å². The maximum absolute atomic E-state index is 14.4. The molecule has 0 fully saturated rings. The van der Waals surface area contributed by atoms with Gasteiger partial charge in [-0.25, -0.2) is 8.78 Å². The smallest absolute Gasteiger partial charge is 0.123 e. The lowest BCUT2D eigenvalue weighted by atomic mass is 9.89. The number of anilines is 6.